The van der Waals surface area contributed by atoms with Gasteiger partial charge in [-0.15, -0.1) is 0 Å². The monoisotopic (exact) mass is 657 g/mol. The molecule has 7 rings (SSSR count). The van der Waals surface area contributed by atoms with Gasteiger partial charge in [0, 0.05) is 36.3 Å². The molecule has 0 saturated carbocycles. The first-order chi connectivity index (χ1) is 23.1. The molecule has 2 aliphatic rings. The van der Waals surface area contributed by atoms with Crippen LogP contribution >= 0.6 is 0 Å². The number of anilines is 1. The van der Waals surface area contributed by atoms with Crippen LogP contribution in [0.1, 0.15) is 47.4 Å². The third-order valence-corrected chi connectivity index (χ3v) is 8.77. The molecule has 5 aromatic rings. The first-order valence-electron chi connectivity index (χ1n) is 15.3. The lowest BCUT2D eigenvalue weighted by molar-refractivity contribution is -0.170. The van der Waals surface area contributed by atoms with Crippen LogP contribution in [-0.4, -0.2) is 69.1 Å². The molecule has 0 radical (unpaired) electrons. The average Bonchev–Trinajstić information content (AvgIpc) is 3.76. The van der Waals surface area contributed by atoms with E-state index in [9.17, 15) is 22.8 Å². The number of halogens is 3. The Morgan fingerprint density at radius 1 is 1.12 bits per heavy atom. The van der Waals surface area contributed by atoms with Crippen LogP contribution in [0.3, 0.4) is 0 Å². The van der Waals surface area contributed by atoms with Crippen molar-refractivity contribution in [3.8, 4) is 22.7 Å². The highest BCUT2D eigenvalue weighted by Crippen LogP contribution is 2.40. The molecule has 11 nitrogen and oxygen atoms in total. The van der Waals surface area contributed by atoms with Crippen molar-refractivity contribution in [3.63, 3.8) is 0 Å². The van der Waals surface area contributed by atoms with E-state index in [0.717, 1.165) is 31.2 Å². The number of aromatic nitrogens is 4. The number of likely N-dealkylation sites (tertiary alicyclic amines) is 1. The van der Waals surface area contributed by atoms with E-state index in [1.54, 1.807) is 42.8 Å². The third kappa shape index (κ3) is 5.61. The van der Waals surface area contributed by atoms with Crippen LogP contribution in [0.4, 0.5) is 24.8 Å². The van der Waals surface area contributed by atoms with Crippen molar-refractivity contribution < 1.29 is 31.9 Å². The molecule has 48 heavy (non-hydrogen) atoms. The summed E-state index contributed by atoms with van der Waals surface area (Å²) >= 11 is 0. The van der Waals surface area contributed by atoms with Crippen molar-refractivity contribution >= 4 is 35.7 Å². The van der Waals surface area contributed by atoms with Gasteiger partial charge >= 0.3 is 6.18 Å². The number of imidazole rings is 1. The molecule has 4 aromatic heterocycles. The molecule has 1 N–H and O–H groups in total. The Morgan fingerprint density at radius 3 is 2.58 bits per heavy atom. The predicted octanol–water partition coefficient (Wildman–Crippen LogP) is 6.40. The number of alkyl halides is 3. The first kappa shape index (κ1) is 31.2. The summed E-state index contributed by atoms with van der Waals surface area (Å²) < 4.78 is 52.5. The van der Waals surface area contributed by atoms with Gasteiger partial charge in [0.15, 0.2) is 11.6 Å². The van der Waals surface area contributed by atoms with E-state index < -0.39 is 23.1 Å². The topological polar surface area (TPSA) is 127 Å². The maximum atomic E-state index is 13.5. The first-order valence-corrected chi connectivity index (χ1v) is 15.3. The van der Waals surface area contributed by atoms with E-state index >= 15 is 0 Å². The molecule has 1 atom stereocenters. The van der Waals surface area contributed by atoms with E-state index in [0.29, 0.717) is 66.2 Å². The van der Waals surface area contributed by atoms with Crippen LogP contribution in [0, 0.1) is 5.41 Å². The number of piperidine rings is 1. The summed E-state index contributed by atoms with van der Waals surface area (Å²) in [6, 6.07) is 11.7. The Kier molecular flexibility index (Phi) is 7.82. The number of hydrogen-bond donors (Lipinski definition) is 1. The van der Waals surface area contributed by atoms with Gasteiger partial charge in [-0.3, -0.25) is 14.0 Å². The molecule has 0 aliphatic carbocycles. The number of carbonyl (C=O) groups is 2. The summed E-state index contributed by atoms with van der Waals surface area (Å²) in [5, 5.41) is 2.43. The summed E-state index contributed by atoms with van der Waals surface area (Å²) in [6.45, 7) is 7.57. The van der Waals surface area contributed by atoms with Gasteiger partial charge in [-0.2, -0.15) is 13.2 Å². The molecular formula is C34H30F3N7O4. The van der Waals surface area contributed by atoms with E-state index in [4.69, 9.17) is 14.1 Å². The number of ether oxygens (including phenoxy) is 1. The second-order valence-corrected chi connectivity index (χ2v) is 12.2. The molecule has 0 spiro atoms. The molecule has 0 bridgehead atoms. The minimum Gasteiger partial charge on any atom is -0.463 e. The molecule has 2 saturated heterocycles. The number of amides is 2. The summed E-state index contributed by atoms with van der Waals surface area (Å²) in [7, 11) is 0. The largest absolute Gasteiger partial charge is 0.463 e. The number of nitrogens with one attached hydrogen (secondary N) is 1. The maximum Gasteiger partial charge on any atom is 0.416 e. The molecular weight excluding hydrogens is 627 g/mol. The molecule has 1 unspecified atom stereocenters. The second kappa shape index (κ2) is 12.0. The summed E-state index contributed by atoms with van der Waals surface area (Å²) in [4.78, 5) is 46.1. The number of hydrogen-bond acceptors (Lipinski definition) is 8. The van der Waals surface area contributed by atoms with Crippen molar-refractivity contribution in [1.29, 1.82) is 0 Å². The number of carbonyl (C=O) groups excluding carboxylic acids is 2. The van der Waals surface area contributed by atoms with Crippen LogP contribution in [0.15, 0.2) is 76.6 Å². The number of furan rings is 1. The number of fused-ring (bicyclic) bond motifs is 1. The van der Waals surface area contributed by atoms with Gasteiger partial charge in [0.2, 0.25) is 5.91 Å². The molecule has 6 heterocycles. The fraction of sp³-hybridized carbons (Fsp3) is 0.294. The highest BCUT2D eigenvalue weighted by atomic mass is 19.4. The predicted molar refractivity (Wildman–Crippen MR) is 170 cm³/mol. The molecule has 14 heteroatoms. The van der Waals surface area contributed by atoms with Crippen molar-refractivity contribution in [2.24, 2.45) is 10.4 Å². The van der Waals surface area contributed by atoms with Crippen molar-refractivity contribution in [1.82, 2.24) is 24.3 Å². The summed E-state index contributed by atoms with van der Waals surface area (Å²) in [6.07, 6.45) is 1.21. The van der Waals surface area contributed by atoms with Crippen molar-refractivity contribution in [2.45, 2.75) is 31.9 Å². The Labute approximate surface area is 272 Å². The zero-order valence-electron chi connectivity index (χ0n) is 25.8. The van der Waals surface area contributed by atoms with E-state index in [1.807, 2.05) is 22.3 Å². The highest BCUT2D eigenvalue weighted by molar-refractivity contribution is 6.04. The van der Waals surface area contributed by atoms with Gasteiger partial charge in [-0.25, -0.2) is 19.9 Å². The number of pyridine rings is 1. The second-order valence-electron chi connectivity index (χ2n) is 12.2. The van der Waals surface area contributed by atoms with Gasteiger partial charge in [-0.05, 0) is 62.9 Å². The summed E-state index contributed by atoms with van der Waals surface area (Å²) in [5.41, 5.74) is 1.13. The fourth-order valence-corrected chi connectivity index (χ4v) is 6.25. The Morgan fingerprint density at radius 2 is 1.92 bits per heavy atom. The van der Waals surface area contributed by atoms with Crippen LogP contribution in [0.5, 0.6) is 0 Å². The Hall–Kier alpha value is -5.37. The SMILES string of the molecule is C=Nc1ncc(-c2ccco2)n2c(C3CCCN(C(=O)C4(C)COC4)C3)nc(-c3ccc(C(=O)Nc4cc(C(F)(F)F)ccn4)cc3)c12. The van der Waals surface area contributed by atoms with Crippen LogP contribution in [0.2, 0.25) is 0 Å². The van der Waals surface area contributed by atoms with Crippen molar-refractivity contribution in [2.75, 3.05) is 31.6 Å². The third-order valence-electron chi connectivity index (χ3n) is 8.77. The van der Waals surface area contributed by atoms with E-state index in [-0.39, 0.29) is 23.2 Å². The zero-order valence-corrected chi connectivity index (χ0v) is 25.8. The summed E-state index contributed by atoms with van der Waals surface area (Å²) in [5.74, 6) is 0.675. The number of rotatable bonds is 7. The van der Waals surface area contributed by atoms with E-state index in [2.05, 4.69) is 27.0 Å². The van der Waals surface area contributed by atoms with Gasteiger partial charge in [-0.1, -0.05) is 12.1 Å². The quantitative estimate of drug-likeness (QED) is 0.201. The van der Waals surface area contributed by atoms with E-state index in [1.165, 1.54) is 0 Å². The normalized spacial score (nSPS) is 17.6. The number of aliphatic imine (C=N–C) groups is 1. The van der Waals surface area contributed by atoms with Gasteiger partial charge in [0.25, 0.3) is 5.91 Å². The smallest absolute Gasteiger partial charge is 0.416 e. The molecule has 2 amide bonds. The number of benzene rings is 1. The standard InChI is InChI=1S/C34H30F3N7O4/c1-33(18-47-19-33)32(46)43-13-3-5-22(17-43)30-42-27(28-29(38-2)40-16-24(44(28)30)25-6-4-14-48-25)20-7-9-21(10-8-20)31(45)41-26-15-23(11-12-39-26)34(35,36)37/h4,6-12,14-16,22H,2-3,5,13,17-19H2,1H3,(H,39,41,45). The lowest BCUT2D eigenvalue weighted by Crippen LogP contribution is -2.55. The minimum atomic E-state index is -4.57. The Balaban J connectivity index is 1.27. The lowest BCUT2D eigenvalue weighted by atomic mass is 9.85. The van der Waals surface area contributed by atoms with Crippen LogP contribution < -0.4 is 5.32 Å². The van der Waals surface area contributed by atoms with Crippen molar-refractivity contribution in [3.05, 3.63) is 84.1 Å². The van der Waals surface area contributed by atoms with Crippen LogP contribution in [-0.2, 0) is 15.7 Å². The maximum absolute atomic E-state index is 13.5. The average molecular weight is 658 g/mol. The Bertz CT molecular complexity index is 2020. The minimum absolute atomic E-state index is 0.0649. The number of nitrogens with zero attached hydrogens (tertiary/aromatic N) is 6. The van der Waals surface area contributed by atoms with Gasteiger partial charge in [0.1, 0.15) is 28.5 Å². The molecule has 1 aromatic carbocycles. The molecule has 2 fully saturated rings. The zero-order chi connectivity index (χ0) is 33.6. The lowest BCUT2D eigenvalue weighted by Gasteiger charge is -2.42. The van der Waals surface area contributed by atoms with Gasteiger partial charge in [0.05, 0.1) is 36.7 Å². The highest BCUT2D eigenvalue weighted by Gasteiger charge is 2.45. The van der Waals surface area contributed by atoms with Crippen LogP contribution in [0.25, 0.3) is 28.2 Å². The molecule has 246 valence electrons. The van der Waals surface area contributed by atoms with Gasteiger partial charge < -0.3 is 19.4 Å². The molecule has 2 aliphatic heterocycles. The fourth-order valence-electron chi connectivity index (χ4n) is 6.25.